The molecule has 3 fully saturated rings. The Bertz CT molecular complexity index is 1390. The van der Waals surface area contributed by atoms with Gasteiger partial charge < -0.3 is 10.6 Å². The number of nitrogens with zero attached hydrogens (tertiary/aromatic N) is 4. The van der Waals surface area contributed by atoms with Crippen LogP contribution >= 0.6 is 0 Å². The van der Waals surface area contributed by atoms with Crippen LogP contribution in [-0.2, 0) is 4.79 Å². The maximum atomic E-state index is 15.3. The largest absolute Gasteiger partial charge is 0.339 e. The van der Waals surface area contributed by atoms with Crippen molar-refractivity contribution in [3.8, 4) is 11.1 Å². The number of amides is 2. The molecule has 3 aliphatic carbocycles. The number of aromatic nitrogens is 4. The predicted molar refractivity (Wildman–Crippen MR) is 146 cm³/mol. The van der Waals surface area contributed by atoms with Gasteiger partial charge in [0.2, 0.25) is 11.9 Å². The Labute approximate surface area is 227 Å². The van der Waals surface area contributed by atoms with Crippen molar-refractivity contribution >= 4 is 17.6 Å². The first-order chi connectivity index (χ1) is 18.8. The summed E-state index contributed by atoms with van der Waals surface area (Å²) >= 11 is 0. The molecular weight excluding hydrogens is 495 g/mol. The van der Waals surface area contributed by atoms with E-state index in [4.69, 9.17) is 0 Å². The van der Waals surface area contributed by atoms with E-state index in [2.05, 4.69) is 25.7 Å². The van der Waals surface area contributed by atoms with Crippen LogP contribution in [-0.4, -0.2) is 37.6 Å². The van der Waals surface area contributed by atoms with E-state index in [1.54, 1.807) is 29.1 Å². The summed E-state index contributed by atoms with van der Waals surface area (Å²) in [6, 6.07) is 6.20. The van der Waals surface area contributed by atoms with E-state index in [1.165, 1.54) is 0 Å². The molecule has 9 heteroatoms. The first-order valence-corrected chi connectivity index (χ1v) is 14.1. The molecule has 2 N–H and O–H groups in total. The number of hydrogen-bond acceptors (Lipinski definition) is 5. The van der Waals surface area contributed by atoms with Gasteiger partial charge in [-0.1, -0.05) is 0 Å². The van der Waals surface area contributed by atoms with Crippen LogP contribution in [0.2, 0.25) is 0 Å². The topological polar surface area (TPSA) is 102 Å². The van der Waals surface area contributed by atoms with Crippen LogP contribution < -0.4 is 10.6 Å². The maximum absolute atomic E-state index is 15.3. The van der Waals surface area contributed by atoms with Crippen molar-refractivity contribution in [2.45, 2.75) is 77.3 Å². The number of anilines is 1. The number of nitrogens with one attached hydrogen (secondary N) is 2. The van der Waals surface area contributed by atoms with Crippen LogP contribution in [0, 0.1) is 30.6 Å². The molecule has 8 nitrogen and oxygen atoms in total. The van der Waals surface area contributed by atoms with Crippen molar-refractivity contribution in [3.63, 3.8) is 0 Å². The summed E-state index contributed by atoms with van der Waals surface area (Å²) in [4.78, 5) is 35.6. The van der Waals surface area contributed by atoms with Gasteiger partial charge in [-0.05, 0) is 113 Å². The Morgan fingerprint density at radius 3 is 2.36 bits per heavy atom. The normalized spacial score (nSPS) is 17.9. The predicted octanol–water partition coefficient (Wildman–Crippen LogP) is 5.42. The first-order valence-electron chi connectivity index (χ1n) is 14.1. The molecule has 6 rings (SSSR count). The highest BCUT2D eigenvalue weighted by atomic mass is 19.1. The van der Waals surface area contributed by atoms with Crippen LogP contribution in [0.5, 0.6) is 0 Å². The van der Waals surface area contributed by atoms with Crippen LogP contribution in [0.4, 0.5) is 10.2 Å². The second-order valence-corrected chi connectivity index (χ2v) is 11.7. The first kappa shape index (κ1) is 25.6. The molecule has 3 heterocycles. The molecule has 0 unspecified atom stereocenters. The summed E-state index contributed by atoms with van der Waals surface area (Å²) in [5.74, 6) is 0.136. The van der Waals surface area contributed by atoms with E-state index >= 15 is 4.39 Å². The molecule has 1 atom stereocenters. The van der Waals surface area contributed by atoms with Crippen molar-refractivity contribution in [2.24, 2.45) is 17.8 Å². The zero-order valence-corrected chi connectivity index (χ0v) is 22.7. The second kappa shape index (κ2) is 10.2. The van der Waals surface area contributed by atoms with Gasteiger partial charge in [-0.25, -0.2) is 4.98 Å². The molecule has 3 aromatic heterocycles. The maximum Gasteiger partial charge on any atom is 0.270 e. The SMILES string of the molecule is Cc1ncc(C2CC2)cc1-c1ccc(NC(=O)[C@@H](NC(=O)c2ccnn2C(C)C)C(C2CC2)C2CC2)nc1F. The van der Waals surface area contributed by atoms with Gasteiger partial charge in [0.15, 0.2) is 0 Å². The van der Waals surface area contributed by atoms with E-state index < -0.39 is 12.0 Å². The molecule has 3 aromatic rings. The fourth-order valence-corrected chi connectivity index (χ4v) is 5.72. The summed E-state index contributed by atoms with van der Waals surface area (Å²) in [7, 11) is 0. The third kappa shape index (κ3) is 5.44. The van der Waals surface area contributed by atoms with Gasteiger partial charge in [-0.15, -0.1) is 0 Å². The molecule has 0 saturated heterocycles. The lowest BCUT2D eigenvalue weighted by molar-refractivity contribution is -0.119. The zero-order chi connectivity index (χ0) is 27.3. The quantitative estimate of drug-likeness (QED) is 0.341. The highest BCUT2D eigenvalue weighted by molar-refractivity contribution is 6.00. The Morgan fingerprint density at radius 2 is 1.74 bits per heavy atom. The minimum Gasteiger partial charge on any atom is -0.339 e. The lowest BCUT2D eigenvalue weighted by Gasteiger charge is -2.27. The lowest BCUT2D eigenvalue weighted by Crippen LogP contribution is -2.50. The minimum atomic E-state index is -0.737. The fraction of sp³-hybridized carbons (Fsp3) is 0.500. The zero-order valence-electron chi connectivity index (χ0n) is 22.7. The van der Waals surface area contributed by atoms with Crippen molar-refractivity contribution in [2.75, 3.05) is 5.32 Å². The van der Waals surface area contributed by atoms with Gasteiger partial charge in [0, 0.05) is 35.3 Å². The van der Waals surface area contributed by atoms with E-state index in [9.17, 15) is 9.59 Å². The second-order valence-electron chi connectivity index (χ2n) is 11.7. The van der Waals surface area contributed by atoms with Crippen molar-refractivity contribution in [1.82, 2.24) is 25.1 Å². The van der Waals surface area contributed by atoms with Gasteiger partial charge in [0.1, 0.15) is 17.6 Å². The minimum absolute atomic E-state index is 0.00480. The van der Waals surface area contributed by atoms with Crippen LogP contribution in [0.15, 0.2) is 36.7 Å². The molecule has 0 spiro atoms. The van der Waals surface area contributed by atoms with Crippen molar-refractivity contribution < 1.29 is 14.0 Å². The Balaban J connectivity index is 1.24. The number of rotatable bonds is 10. The van der Waals surface area contributed by atoms with Gasteiger partial charge in [0.05, 0.1) is 0 Å². The van der Waals surface area contributed by atoms with Crippen molar-refractivity contribution in [3.05, 3.63) is 59.6 Å². The third-order valence-corrected chi connectivity index (χ3v) is 8.23. The molecule has 0 radical (unpaired) electrons. The van der Waals surface area contributed by atoms with Gasteiger partial charge in [-0.3, -0.25) is 19.3 Å². The smallest absolute Gasteiger partial charge is 0.270 e. The Hall–Kier alpha value is -3.62. The number of carbonyl (C=O) groups is 2. The van der Waals surface area contributed by atoms with Crippen LogP contribution in [0.3, 0.4) is 0 Å². The van der Waals surface area contributed by atoms with Gasteiger partial charge >= 0.3 is 0 Å². The number of hydrogen-bond donors (Lipinski definition) is 2. The standard InChI is InChI=1S/C30H35FN6O2/c1-16(2)37-24(12-13-33-37)29(38)36-27(26(19-6-7-19)20-8-9-20)30(39)35-25-11-10-22(28(31)34-25)23-14-21(18-4-5-18)15-32-17(23)3/h10-16,18-20,26-27H,4-9H2,1-3H3,(H,36,38)(H,34,35,39)/t27-/m0/s1. The van der Waals surface area contributed by atoms with Crippen LogP contribution in [0.1, 0.15) is 86.1 Å². The molecule has 0 aliphatic heterocycles. The summed E-state index contributed by atoms with van der Waals surface area (Å²) < 4.78 is 16.9. The highest BCUT2D eigenvalue weighted by Gasteiger charge is 2.48. The molecule has 3 aliphatic rings. The summed E-state index contributed by atoms with van der Waals surface area (Å²) in [5, 5.41) is 10.1. The molecular formula is C30H35FN6O2. The number of pyridine rings is 2. The fourth-order valence-electron chi connectivity index (χ4n) is 5.72. The van der Waals surface area contributed by atoms with Gasteiger partial charge in [0.25, 0.3) is 5.91 Å². The molecule has 2 amide bonds. The Morgan fingerprint density at radius 1 is 1.03 bits per heavy atom. The highest BCUT2D eigenvalue weighted by Crippen LogP contribution is 2.51. The third-order valence-electron chi connectivity index (χ3n) is 8.23. The van der Waals surface area contributed by atoms with E-state index in [-0.39, 0.29) is 29.6 Å². The number of carbonyl (C=O) groups excluding carboxylic acids is 2. The summed E-state index contributed by atoms with van der Waals surface area (Å²) in [6.45, 7) is 5.76. The van der Waals surface area contributed by atoms with E-state index in [0.29, 0.717) is 29.0 Å². The van der Waals surface area contributed by atoms with E-state index in [0.717, 1.165) is 55.3 Å². The molecule has 204 valence electrons. The summed E-state index contributed by atoms with van der Waals surface area (Å²) in [6.07, 6.45) is 9.95. The average Bonchev–Trinajstić information content (AvgIpc) is 3.75. The molecule has 39 heavy (non-hydrogen) atoms. The summed E-state index contributed by atoms with van der Waals surface area (Å²) in [5.41, 5.74) is 3.35. The molecule has 0 aromatic carbocycles. The number of halogens is 1. The Kier molecular flexibility index (Phi) is 6.69. The number of aryl methyl sites for hydroxylation is 1. The lowest BCUT2D eigenvalue weighted by atomic mass is 9.88. The van der Waals surface area contributed by atoms with Gasteiger partial charge in [-0.2, -0.15) is 9.49 Å². The van der Waals surface area contributed by atoms with E-state index in [1.807, 2.05) is 33.0 Å². The average molecular weight is 531 g/mol. The van der Waals surface area contributed by atoms with Crippen LogP contribution in [0.25, 0.3) is 11.1 Å². The molecule has 0 bridgehead atoms. The van der Waals surface area contributed by atoms with Crippen molar-refractivity contribution in [1.29, 1.82) is 0 Å². The molecule has 3 saturated carbocycles. The monoisotopic (exact) mass is 530 g/mol.